The lowest BCUT2D eigenvalue weighted by Crippen LogP contribution is -2.42. The first kappa shape index (κ1) is 17.3. The number of nitrogens with zero attached hydrogens (tertiary/aromatic N) is 3. The first-order valence-electron chi connectivity index (χ1n) is 8.00. The molecule has 3 rings (SSSR count). The van der Waals surface area contributed by atoms with E-state index in [1.807, 2.05) is 13.0 Å². The quantitative estimate of drug-likeness (QED) is 0.681. The van der Waals surface area contributed by atoms with E-state index in [1.54, 1.807) is 30.5 Å². The highest BCUT2D eigenvalue weighted by molar-refractivity contribution is 5.95. The van der Waals surface area contributed by atoms with Crippen LogP contribution in [-0.2, 0) is 11.3 Å². The van der Waals surface area contributed by atoms with Gasteiger partial charge in [0.1, 0.15) is 0 Å². The van der Waals surface area contributed by atoms with Crippen LogP contribution in [-0.4, -0.2) is 26.3 Å². The Labute approximate surface area is 148 Å². The lowest BCUT2D eigenvalue weighted by atomic mass is 10.1. The van der Waals surface area contributed by atoms with Gasteiger partial charge in [-0.3, -0.25) is 34.8 Å². The number of aromatic nitrogens is 3. The van der Waals surface area contributed by atoms with Crippen molar-refractivity contribution >= 4 is 22.7 Å². The minimum atomic E-state index is -0.466. The van der Waals surface area contributed by atoms with Crippen LogP contribution in [0.4, 0.5) is 0 Å². The van der Waals surface area contributed by atoms with E-state index in [2.05, 4.69) is 20.8 Å². The van der Waals surface area contributed by atoms with Crippen molar-refractivity contribution in [1.82, 2.24) is 25.4 Å². The van der Waals surface area contributed by atoms with Crippen LogP contribution in [0.5, 0.6) is 0 Å². The number of carbonyl (C=O) groups excluding carboxylic acids is 2. The van der Waals surface area contributed by atoms with Crippen LogP contribution in [0.2, 0.25) is 0 Å². The summed E-state index contributed by atoms with van der Waals surface area (Å²) in [5.74, 6) is -0.884. The summed E-state index contributed by atoms with van der Waals surface area (Å²) in [5.41, 5.74) is 6.32. The Morgan fingerprint density at radius 3 is 2.77 bits per heavy atom. The smallest absolute Gasteiger partial charge is 0.271 e. The van der Waals surface area contributed by atoms with E-state index in [1.165, 1.54) is 17.1 Å². The van der Waals surface area contributed by atoms with Gasteiger partial charge in [-0.1, -0.05) is 12.1 Å². The van der Waals surface area contributed by atoms with Crippen LogP contribution in [0.25, 0.3) is 10.9 Å². The molecule has 1 aromatic carbocycles. The normalized spacial score (nSPS) is 10.5. The molecule has 8 heteroatoms. The molecule has 3 aromatic rings. The maximum atomic E-state index is 12.5. The molecule has 0 aliphatic rings. The van der Waals surface area contributed by atoms with E-state index in [-0.39, 0.29) is 18.5 Å². The third-order valence-corrected chi connectivity index (χ3v) is 3.87. The second kappa shape index (κ2) is 7.56. The lowest BCUT2D eigenvalue weighted by molar-refractivity contribution is -0.122. The minimum Gasteiger partial charge on any atom is -0.298 e. The lowest BCUT2D eigenvalue weighted by Gasteiger charge is -2.09. The number of nitrogens with one attached hydrogen (secondary N) is 2. The van der Waals surface area contributed by atoms with Gasteiger partial charge in [-0.05, 0) is 30.7 Å². The Kier molecular flexibility index (Phi) is 5.02. The average molecular weight is 351 g/mol. The second-order valence-electron chi connectivity index (χ2n) is 5.71. The van der Waals surface area contributed by atoms with Gasteiger partial charge < -0.3 is 0 Å². The number of amides is 2. The molecule has 0 spiro atoms. The van der Waals surface area contributed by atoms with Crippen molar-refractivity contribution < 1.29 is 9.59 Å². The Morgan fingerprint density at radius 2 is 2.00 bits per heavy atom. The highest BCUT2D eigenvalue weighted by atomic mass is 16.2. The zero-order valence-corrected chi connectivity index (χ0v) is 14.1. The van der Waals surface area contributed by atoms with Crippen molar-refractivity contribution in [2.45, 2.75) is 19.9 Å². The second-order valence-corrected chi connectivity index (χ2v) is 5.71. The number of fused-ring (bicyclic) bond motifs is 1. The van der Waals surface area contributed by atoms with Crippen molar-refractivity contribution in [3.8, 4) is 0 Å². The summed E-state index contributed by atoms with van der Waals surface area (Å²) >= 11 is 0. The van der Waals surface area contributed by atoms with Crippen molar-refractivity contribution in [3.05, 3.63) is 70.5 Å². The molecule has 0 saturated heterocycles. The third kappa shape index (κ3) is 3.75. The van der Waals surface area contributed by atoms with Crippen LogP contribution < -0.4 is 16.4 Å². The predicted molar refractivity (Wildman–Crippen MR) is 95.2 cm³/mol. The van der Waals surface area contributed by atoms with E-state index in [9.17, 15) is 14.4 Å². The fraction of sp³-hybridized carbons (Fsp3) is 0.167. The van der Waals surface area contributed by atoms with Gasteiger partial charge in [0.2, 0.25) is 5.91 Å². The highest BCUT2D eigenvalue weighted by Crippen LogP contribution is 2.11. The van der Waals surface area contributed by atoms with Gasteiger partial charge in [0.25, 0.3) is 11.5 Å². The van der Waals surface area contributed by atoms with E-state index in [4.69, 9.17) is 0 Å². The summed E-state index contributed by atoms with van der Waals surface area (Å²) in [6.07, 6.45) is 4.39. The predicted octanol–water partition coefficient (Wildman–Crippen LogP) is 0.951. The summed E-state index contributed by atoms with van der Waals surface area (Å²) < 4.78 is 1.38. The Balaban J connectivity index is 1.60. The zero-order valence-electron chi connectivity index (χ0n) is 14.1. The van der Waals surface area contributed by atoms with Gasteiger partial charge in [-0.15, -0.1) is 0 Å². The molecule has 26 heavy (non-hydrogen) atoms. The number of carbonyl (C=O) groups is 2. The standard InChI is InChI=1S/C18H17N5O3/c1-12-4-2-6-14-16(12)20-11-23(18(14)26)9-7-15(24)21-22-17(25)13-5-3-8-19-10-13/h2-6,8,10-11H,7,9H2,1H3,(H,21,24)(H,22,25). The van der Waals surface area contributed by atoms with Crippen molar-refractivity contribution in [1.29, 1.82) is 0 Å². The molecule has 2 heterocycles. The van der Waals surface area contributed by atoms with Crippen LogP contribution in [0.1, 0.15) is 22.3 Å². The van der Waals surface area contributed by atoms with Gasteiger partial charge in [-0.2, -0.15) is 0 Å². The Morgan fingerprint density at radius 1 is 1.15 bits per heavy atom. The fourth-order valence-corrected chi connectivity index (χ4v) is 2.48. The molecule has 0 saturated carbocycles. The van der Waals surface area contributed by atoms with Crippen molar-refractivity contribution in [2.75, 3.05) is 0 Å². The highest BCUT2D eigenvalue weighted by Gasteiger charge is 2.09. The molecule has 0 aliphatic carbocycles. The molecule has 0 atom stereocenters. The molecule has 2 N–H and O–H groups in total. The average Bonchev–Trinajstić information content (AvgIpc) is 2.67. The van der Waals surface area contributed by atoms with Crippen molar-refractivity contribution in [3.63, 3.8) is 0 Å². The molecule has 8 nitrogen and oxygen atoms in total. The molecule has 132 valence electrons. The molecular formula is C18H17N5O3. The van der Waals surface area contributed by atoms with Gasteiger partial charge >= 0.3 is 0 Å². The van der Waals surface area contributed by atoms with E-state index in [0.29, 0.717) is 16.5 Å². The summed E-state index contributed by atoms with van der Waals surface area (Å²) in [6.45, 7) is 2.04. The van der Waals surface area contributed by atoms with Crippen LogP contribution in [0, 0.1) is 6.92 Å². The molecular weight excluding hydrogens is 334 g/mol. The Bertz CT molecular complexity index is 1010. The Hall–Kier alpha value is -3.55. The molecule has 0 fully saturated rings. The number of aryl methyl sites for hydroxylation is 2. The molecule has 2 amide bonds. The number of hydrogen-bond acceptors (Lipinski definition) is 5. The number of hydrazine groups is 1. The first-order valence-corrected chi connectivity index (χ1v) is 8.00. The fourth-order valence-electron chi connectivity index (χ4n) is 2.48. The largest absolute Gasteiger partial charge is 0.298 e. The molecule has 0 aliphatic heterocycles. The van der Waals surface area contributed by atoms with Crippen LogP contribution in [0.3, 0.4) is 0 Å². The van der Waals surface area contributed by atoms with Gasteiger partial charge in [0, 0.05) is 25.4 Å². The monoisotopic (exact) mass is 351 g/mol. The van der Waals surface area contributed by atoms with Gasteiger partial charge in [0.05, 0.1) is 22.8 Å². The molecule has 0 radical (unpaired) electrons. The summed E-state index contributed by atoms with van der Waals surface area (Å²) in [6, 6.07) is 8.60. The molecule has 0 unspecified atom stereocenters. The minimum absolute atomic E-state index is 0.0201. The van der Waals surface area contributed by atoms with E-state index >= 15 is 0 Å². The molecule has 2 aromatic heterocycles. The first-order chi connectivity index (χ1) is 12.6. The number of rotatable bonds is 4. The van der Waals surface area contributed by atoms with Crippen LogP contribution in [0.15, 0.2) is 53.8 Å². The van der Waals surface area contributed by atoms with E-state index < -0.39 is 11.8 Å². The molecule has 0 bridgehead atoms. The van der Waals surface area contributed by atoms with Crippen molar-refractivity contribution in [2.24, 2.45) is 0 Å². The number of para-hydroxylation sites is 1. The summed E-state index contributed by atoms with van der Waals surface area (Å²) in [5, 5.41) is 0.512. The van der Waals surface area contributed by atoms with Gasteiger partial charge in [-0.25, -0.2) is 4.98 Å². The number of benzene rings is 1. The SMILES string of the molecule is Cc1cccc2c(=O)n(CCC(=O)NNC(=O)c3cccnc3)cnc12. The van der Waals surface area contributed by atoms with Crippen LogP contribution >= 0.6 is 0 Å². The number of pyridine rings is 1. The summed E-state index contributed by atoms with van der Waals surface area (Å²) in [4.78, 5) is 44.3. The topological polar surface area (TPSA) is 106 Å². The maximum Gasteiger partial charge on any atom is 0.271 e. The maximum absolute atomic E-state index is 12.5. The zero-order chi connectivity index (χ0) is 18.5. The van der Waals surface area contributed by atoms with E-state index in [0.717, 1.165) is 5.56 Å². The third-order valence-electron chi connectivity index (χ3n) is 3.87. The van der Waals surface area contributed by atoms with Gasteiger partial charge in [0.15, 0.2) is 0 Å². The number of hydrogen-bond donors (Lipinski definition) is 2. The summed E-state index contributed by atoms with van der Waals surface area (Å²) in [7, 11) is 0.